The van der Waals surface area contributed by atoms with Crippen LogP contribution < -0.4 is 0 Å². The maximum atomic E-state index is 13.0. The molecule has 0 heterocycles. The summed E-state index contributed by atoms with van der Waals surface area (Å²) in [5, 5.41) is 31.9. The highest BCUT2D eigenvalue weighted by atomic mass is 16.6. The zero-order valence-corrected chi connectivity index (χ0v) is 28.4. The van der Waals surface area contributed by atoms with E-state index in [2.05, 4.69) is 54.5 Å². The molecule has 1 aromatic rings. The van der Waals surface area contributed by atoms with Crippen LogP contribution in [0.5, 0.6) is 5.75 Å². The molecule has 0 saturated heterocycles. The number of hydrogen-bond acceptors (Lipinski definition) is 5. The topological polar surface area (TPSA) is 104 Å². The molecule has 6 nitrogen and oxygen atoms in total. The minimum atomic E-state index is -0.780. The number of aliphatic carboxylic acids is 1. The molecule has 0 aliphatic heterocycles. The Morgan fingerprint density at radius 3 is 2.22 bits per heavy atom. The van der Waals surface area contributed by atoms with E-state index in [-0.39, 0.29) is 39.2 Å². The van der Waals surface area contributed by atoms with Gasteiger partial charge in [0, 0.05) is 11.5 Å². The second-order valence-corrected chi connectivity index (χ2v) is 17.6. The van der Waals surface area contributed by atoms with Crippen LogP contribution in [0.15, 0.2) is 42.0 Å². The Morgan fingerprint density at radius 2 is 1.56 bits per heavy atom. The predicted octanol–water partition coefficient (Wildman–Crippen LogP) is 8.17. The second kappa shape index (κ2) is 10.5. The molecular weight excluding hydrogens is 564 g/mol. The van der Waals surface area contributed by atoms with E-state index in [9.17, 15) is 24.9 Å². The highest BCUT2D eigenvalue weighted by Crippen LogP contribution is 2.75. The number of ether oxygens (including phenoxy) is 1. The van der Waals surface area contributed by atoms with Gasteiger partial charge in [-0.2, -0.15) is 0 Å². The Labute approximate surface area is 269 Å². The molecule has 45 heavy (non-hydrogen) atoms. The number of carbonyl (C=O) groups excluding carboxylic acids is 1. The lowest BCUT2D eigenvalue weighted by Crippen LogP contribution is -2.67. The van der Waals surface area contributed by atoms with Gasteiger partial charge < -0.3 is 20.1 Å². The van der Waals surface area contributed by atoms with Crippen LogP contribution in [0, 0.1) is 50.2 Å². The number of allylic oxidation sites excluding steroid dienone is 2. The Balaban J connectivity index is 1.29. The number of carboxylic acids is 1. The smallest absolute Gasteiger partial charge is 0.331 e. The van der Waals surface area contributed by atoms with Crippen LogP contribution >= 0.6 is 0 Å². The molecule has 0 spiro atoms. The minimum absolute atomic E-state index is 0.0131. The van der Waals surface area contributed by atoms with Gasteiger partial charge in [-0.15, -0.1) is 0 Å². The van der Waals surface area contributed by atoms with Crippen LogP contribution in [-0.2, 0) is 14.3 Å². The van der Waals surface area contributed by atoms with Crippen LogP contribution in [0.25, 0.3) is 6.08 Å². The van der Waals surface area contributed by atoms with Crippen molar-refractivity contribution in [3.8, 4) is 5.75 Å². The quantitative estimate of drug-likeness (QED) is 0.179. The van der Waals surface area contributed by atoms with Gasteiger partial charge in [-0.1, -0.05) is 72.2 Å². The van der Waals surface area contributed by atoms with E-state index >= 15 is 0 Å². The molecule has 0 radical (unpaired) electrons. The fraction of sp³-hybridized carbons (Fsp3) is 0.692. The number of hydrogen-bond donors (Lipinski definition) is 3. The summed E-state index contributed by atoms with van der Waals surface area (Å²) < 4.78 is 6.04. The first kappa shape index (κ1) is 32.3. The molecule has 3 N–H and O–H groups in total. The summed E-state index contributed by atoms with van der Waals surface area (Å²) in [6.45, 7) is 16.3. The van der Waals surface area contributed by atoms with Crippen LogP contribution in [0.2, 0.25) is 0 Å². The van der Waals surface area contributed by atoms with Crippen molar-refractivity contribution in [1.29, 1.82) is 0 Å². The number of aliphatic hydroxyl groups excluding tert-OH is 1. The molecule has 4 saturated carbocycles. The van der Waals surface area contributed by atoms with Crippen molar-refractivity contribution in [2.75, 3.05) is 0 Å². The summed E-state index contributed by atoms with van der Waals surface area (Å²) in [7, 11) is 0. The largest absolute Gasteiger partial charge is 0.508 e. The second-order valence-electron chi connectivity index (χ2n) is 17.6. The van der Waals surface area contributed by atoms with Gasteiger partial charge in [-0.3, -0.25) is 4.79 Å². The third kappa shape index (κ3) is 4.74. The lowest BCUT2D eigenvalue weighted by Gasteiger charge is -2.71. The number of carboxylic acid groups (broad SMARTS) is 1. The Bertz CT molecular complexity index is 1420. The molecule has 0 amide bonds. The molecule has 6 rings (SSSR count). The summed E-state index contributed by atoms with van der Waals surface area (Å²) in [4.78, 5) is 26.0. The number of phenolic OH excluding ortho intramolecular Hbond substituents is 1. The SMILES string of the molecule is CC1(C)CC[C@]2(C(=O)O)CC[C@]3(C)C(=CCC4[C@@]5(C)C[C@@H](O)[C@H](OC(=O)/C=C/c6ccc(O)cc6)C(C)(C)[C@@H]5CC[C@]43C)C2C1. The molecule has 6 heteroatoms. The molecule has 4 fully saturated rings. The van der Waals surface area contributed by atoms with Crippen molar-refractivity contribution in [3.05, 3.63) is 47.6 Å². The van der Waals surface area contributed by atoms with E-state index in [1.165, 1.54) is 11.6 Å². The van der Waals surface area contributed by atoms with Crippen LogP contribution in [0.3, 0.4) is 0 Å². The highest BCUT2D eigenvalue weighted by molar-refractivity contribution is 5.87. The third-order valence-electron chi connectivity index (χ3n) is 14.5. The van der Waals surface area contributed by atoms with Crippen molar-refractivity contribution in [2.45, 2.75) is 118 Å². The summed E-state index contributed by atoms with van der Waals surface area (Å²) in [5.41, 5.74) is 0.991. The summed E-state index contributed by atoms with van der Waals surface area (Å²) in [5.74, 6) is -0.230. The van der Waals surface area contributed by atoms with Gasteiger partial charge in [-0.25, -0.2) is 4.79 Å². The van der Waals surface area contributed by atoms with E-state index in [1.54, 1.807) is 30.3 Å². The van der Waals surface area contributed by atoms with Gasteiger partial charge in [0.2, 0.25) is 0 Å². The molecule has 0 aromatic heterocycles. The Kier molecular flexibility index (Phi) is 7.51. The maximum absolute atomic E-state index is 13.0. The molecule has 0 bridgehead atoms. The molecule has 5 aliphatic rings. The Morgan fingerprint density at radius 1 is 0.889 bits per heavy atom. The lowest BCUT2D eigenvalue weighted by atomic mass is 9.33. The van der Waals surface area contributed by atoms with Crippen LogP contribution in [0.4, 0.5) is 0 Å². The first-order chi connectivity index (χ1) is 20.9. The Hall–Kier alpha value is -2.60. The van der Waals surface area contributed by atoms with Crippen molar-refractivity contribution < 1.29 is 29.6 Å². The van der Waals surface area contributed by atoms with E-state index < -0.39 is 35.0 Å². The third-order valence-corrected chi connectivity index (χ3v) is 14.5. The number of carbonyl (C=O) groups is 2. The number of fused-ring (bicyclic) bond motifs is 7. The zero-order chi connectivity index (χ0) is 32.8. The van der Waals surface area contributed by atoms with Crippen molar-refractivity contribution in [3.63, 3.8) is 0 Å². The molecule has 9 atom stereocenters. The van der Waals surface area contributed by atoms with Gasteiger partial charge in [0.05, 0.1) is 11.5 Å². The van der Waals surface area contributed by atoms with E-state index in [4.69, 9.17) is 4.74 Å². The number of esters is 1. The molecule has 246 valence electrons. The first-order valence-corrected chi connectivity index (χ1v) is 17.2. The fourth-order valence-corrected chi connectivity index (χ4v) is 11.9. The first-order valence-electron chi connectivity index (χ1n) is 17.2. The van der Waals surface area contributed by atoms with Crippen molar-refractivity contribution in [2.24, 2.45) is 50.2 Å². The predicted molar refractivity (Wildman–Crippen MR) is 175 cm³/mol. The molecule has 1 aromatic carbocycles. The zero-order valence-electron chi connectivity index (χ0n) is 28.4. The number of aliphatic hydroxyl groups is 1. The number of benzene rings is 1. The summed E-state index contributed by atoms with van der Waals surface area (Å²) in [6, 6.07) is 6.62. The van der Waals surface area contributed by atoms with Gasteiger partial charge in [-0.05, 0) is 121 Å². The normalized spacial score (nSPS) is 43.2. The molecule has 5 aliphatic carbocycles. The van der Waals surface area contributed by atoms with Crippen molar-refractivity contribution in [1.82, 2.24) is 0 Å². The summed E-state index contributed by atoms with van der Waals surface area (Å²) >= 11 is 0. The van der Waals surface area contributed by atoms with Crippen molar-refractivity contribution >= 4 is 18.0 Å². The lowest BCUT2D eigenvalue weighted by molar-refractivity contribution is -0.238. The average molecular weight is 619 g/mol. The number of aromatic hydroxyl groups is 1. The summed E-state index contributed by atoms with van der Waals surface area (Å²) in [6.07, 6.45) is 12.0. The van der Waals surface area contributed by atoms with E-state index in [0.717, 1.165) is 56.9 Å². The standard InChI is InChI=1S/C39H54O6/c1-34(2)18-20-39(33(43)44)21-19-37(6)26(27(39)22-34)13-14-30-36(5)23-28(41)32(35(3,4)29(36)16-17-38(30,37)7)45-31(42)15-10-24-8-11-25(40)12-9-24/h8-13,15,27-30,32,40-41H,14,16-23H2,1-7H3,(H,43,44)/b15-10+/t27?,28-,29+,30?,32+,36+,37-,38-,39+/m1/s1. The average Bonchev–Trinajstić information content (AvgIpc) is 2.94. The van der Waals surface area contributed by atoms with E-state index in [1.807, 2.05) is 0 Å². The number of phenols is 1. The maximum Gasteiger partial charge on any atom is 0.331 e. The fourth-order valence-electron chi connectivity index (χ4n) is 11.9. The minimum Gasteiger partial charge on any atom is -0.508 e. The molecular formula is C39H54O6. The number of rotatable bonds is 4. The van der Waals surface area contributed by atoms with Gasteiger partial charge in [0.15, 0.2) is 0 Å². The van der Waals surface area contributed by atoms with Gasteiger partial charge >= 0.3 is 11.9 Å². The monoisotopic (exact) mass is 618 g/mol. The van der Waals surface area contributed by atoms with Gasteiger partial charge in [0.25, 0.3) is 0 Å². The highest BCUT2D eigenvalue weighted by Gasteiger charge is 2.70. The molecule has 2 unspecified atom stereocenters. The van der Waals surface area contributed by atoms with Crippen LogP contribution in [-0.4, -0.2) is 39.5 Å². The van der Waals surface area contributed by atoms with Crippen LogP contribution in [0.1, 0.15) is 112 Å². The van der Waals surface area contributed by atoms with E-state index in [0.29, 0.717) is 12.3 Å². The van der Waals surface area contributed by atoms with Gasteiger partial charge in [0.1, 0.15) is 11.9 Å².